The highest BCUT2D eigenvalue weighted by Gasteiger charge is 2.36. The summed E-state index contributed by atoms with van der Waals surface area (Å²) in [5.74, 6) is 0.137. The lowest BCUT2D eigenvalue weighted by Gasteiger charge is -2.13. The number of aryl methyl sites for hydroxylation is 1. The van der Waals surface area contributed by atoms with Crippen molar-refractivity contribution < 1.29 is 23.9 Å². The number of imide groups is 1. The van der Waals surface area contributed by atoms with Gasteiger partial charge in [-0.3, -0.25) is 19.3 Å². The fourth-order valence-corrected chi connectivity index (χ4v) is 4.15. The molecule has 0 unspecified atom stereocenters. The van der Waals surface area contributed by atoms with E-state index >= 15 is 0 Å². The van der Waals surface area contributed by atoms with Gasteiger partial charge in [0.1, 0.15) is 6.54 Å². The second-order valence-electron chi connectivity index (χ2n) is 7.09. The number of ether oxygens (including phenoxy) is 2. The zero-order valence-electron chi connectivity index (χ0n) is 18.1. The molecule has 32 heavy (non-hydrogen) atoms. The molecule has 166 valence electrons. The van der Waals surface area contributed by atoms with Crippen LogP contribution in [-0.2, 0) is 16.0 Å². The number of nitrogens with one attached hydrogen (secondary N) is 1. The molecule has 2 aromatic rings. The third-order valence-corrected chi connectivity index (χ3v) is 5.62. The minimum absolute atomic E-state index is 0.232. The van der Waals surface area contributed by atoms with Crippen molar-refractivity contribution in [3.63, 3.8) is 0 Å². The SMILES string of the molecule is C=CCc1cc(C=C2SC(=O)N(CC(=O)Nc3cccc(C)c3)C2=O)cc(OC)c1OC. The standard InChI is InChI=1S/C24H24N2O5S/c1-5-7-17-11-16(12-19(30-3)22(17)31-4)13-20-23(28)26(24(29)32-20)14-21(27)25-18-9-6-8-15(2)10-18/h5-6,8-13H,1,7,14H2,2-4H3,(H,25,27). The van der Waals surface area contributed by atoms with Crippen molar-refractivity contribution in [2.45, 2.75) is 13.3 Å². The summed E-state index contributed by atoms with van der Waals surface area (Å²) in [6, 6.07) is 10.9. The van der Waals surface area contributed by atoms with Gasteiger partial charge in [0.05, 0.1) is 19.1 Å². The van der Waals surface area contributed by atoms with E-state index in [-0.39, 0.29) is 11.4 Å². The molecule has 1 aliphatic heterocycles. The van der Waals surface area contributed by atoms with Crippen LogP contribution >= 0.6 is 11.8 Å². The molecular formula is C24H24N2O5S. The van der Waals surface area contributed by atoms with Gasteiger partial charge in [-0.2, -0.15) is 0 Å². The summed E-state index contributed by atoms with van der Waals surface area (Å²) in [7, 11) is 3.08. The number of benzene rings is 2. The number of anilines is 1. The second-order valence-corrected chi connectivity index (χ2v) is 8.09. The second kappa shape index (κ2) is 10.2. The number of carbonyl (C=O) groups excluding carboxylic acids is 3. The van der Waals surface area contributed by atoms with Gasteiger partial charge in [-0.1, -0.05) is 18.2 Å². The van der Waals surface area contributed by atoms with Crippen LogP contribution in [0.15, 0.2) is 54.0 Å². The maximum absolute atomic E-state index is 12.8. The van der Waals surface area contributed by atoms with E-state index in [4.69, 9.17) is 9.47 Å². The fraction of sp³-hybridized carbons (Fsp3) is 0.208. The van der Waals surface area contributed by atoms with Gasteiger partial charge in [0.15, 0.2) is 11.5 Å². The van der Waals surface area contributed by atoms with Crippen LogP contribution in [0.2, 0.25) is 0 Å². The van der Waals surface area contributed by atoms with E-state index in [0.717, 1.165) is 27.8 Å². The van der Waals surface area contributed by atoms with E-state index in [0.29, 0.717) is 29.2 Å². The Morgan fingerprint density at radius 3 is 2.62 bits per heavy atom. The molecule has 1 fully saturated rings. The van der Waals surface area contributed by atoms with Crippen LogP contribution in [0, 0.1) is 6.92 Å². The van der Waals surface area contributed by atoms with E-state index in [1.807, 2.05) is 31.2 Å². The molecule has 1 saturated heterocycles. The molecule has 0 aliphatic carbocycles. The Morgan fingerprint density at radius 2 is 1.97 bits per heavy atom. The Morgan fingerprint density at radius 1 is 1.19 bits per heavy atom. The predicted molar refractivity (Wildman–Crippen MR) is 126 cm³/mol. The third-order valence-electron chi connectivity index (χ3n) is 4.72. The molecule has 1 aliphatic rings. The zero-order chi connectivity index (χ0) is 23.3. The number of nitrogens with zero attached hydrogens (tertiary/aromatic N) is 1. The molecular weight excluding hydrogens is 428 g/mol. The number of carbonyl (C=O) groups is 3. The maximum atomic E-state index is 12.8. The van der Waals surface area contributed by atoms with E-state index < -0.39 is 17.1 Å². The van der Waals surface area contributed by atoms with Gasteiger partial charge < -0.3 is 14.8 Å². The first-order valence-electron chi connectivity index (χ1n) is 9.84. The first kappa shape index (κ1) is 23.1. The lowest BCUT2D eigenvalue weighted by atomic mass is 10.0. The van der Waals surface area contributed by atoms with Crippen molar-refractivity contribution in [3.05, 3.63) is 70.6 Å². The summed E-state index contributed by atoms with van der Waals surface area (Å²) in [5, 5.41) is 2.22. The van der Waals surface area contributed by atoms with E-state index in [9.17, 15) is 14.4 Å². The van der Waals surface area contributed by atoms with Gasteiger partial charge in [-0.05, 0) is 66.6 Å². The number of hydrogen-bond donors (Lipinski definition) is 1. The third kappa shape index (κ3) is 5.20. The Labute approximate surface area is 191 Å². The molecule has 3 amide bonds. The lowest BCUT2D eigenvalue weighted by Crippen LogP contribution is -2.36. The van der Waals surface area contributed by atoms with Crippen LogP contribution in [0.25, 0.3) is 6.08 Å². The van der Waals surface area contributed by atoms with Crippen molar-refractivity contribution in [3.8, 4) is 11.5 Å². The number of methoxy groups -OCH3 is 2. The van der Waals surface area contributed by atoms with Crippen molar-refractivity contribution in [2.75, 3.05) is 26.1 Å². The normalized spacial score (nSPS) is 14.6. The fourth-order valence-electron chi connectivity index (χ4n) is 3.31. The molecule has 7 nitrogen and oxygen atoms in total. The highest BCUT2D eigenvalue weighted by Crippen LogP contribution is 2.36. The zero-order valence-corrected chi connectivity index (χ0v) is 19.0. The highest BCUT2D eigenvalue weighted by molar-refractivity contribution is 8.18. The summed E-state index contributed by atoms with van der Waals surface area (Å²) >= 11 is 0.796. The van der Waals surface area contributed by atoms with Gasteiger partial charge in [0, 0.05) is 11.3 Å². The average Bonchev–Trinajstić information content (AvgIpc) is 3.01. The maximum Gasteiger partial charge on any atom is 0.294 e. The van der Waals surface area contributed by atoms with Crippen molar-refractivity contribution in [2.24, 2.45) is 0 Å². The van der Waals surface area contributed by atoms with Crippen LogP contribution in [0.1, 0.15) is 16.7 Å². The van der Waals surface area contributed by atoms with E-state index in [2.05, 4.69) is 11.9 Å². The van der Waals surface area contributed by atoms with Crippen LogP contribution in [0.3, 0.4) is 0 Å². The van der Waals surface area contributed by atoms with Crippen molar-refractivity contribution in [1.29, 1.82) is 0 Å². The van der Waals surface area contributed by atoms with Gasteiger partial charge in [-0.25, -0.2) is 0 Å². The van der Waals surface area contributed by atoms with Crippen LogP contribution in [-0.4, -0.2) is 42.7 Å². The number of thioether (sulfide) groups is 1. The smallest absolute Gasteiger partial charge is 0.294 e. The van der Waals surface area contributed by atoms with Crippen molar-refractivity contribution in [1.82, 2.24) is 4.90 Å². The molecule has 0 spiro atoms. The minimum Gasteiger partial charge on any atom is -0.493 e. The number of rotatable bonds is 8. The Balaban J connectivity index is 1.80. The topological polar surface area (TPSA) is 84.9 Å². The summed E-state index contributed by atoms with van der Waals surface area (Å²) in [6.07, 6.45) is 3.89. The average molecular weight is 453 g/mol. The molecule has 1 N–H and O–H groups in total. The van der Waals surface area contributed by atoms with Gasteiger partial charge in [0.25, 0.3) is 11.1 Å². The molecule has 0 radical (unpaired) electrons. The quantitative estimate of drug-likeness (QED) is 0.472. The highest BCUT2D eigenvalue weighted by atomic mass is 32.2. The largest absolute Gasteiger partial charge is 0.493 e. The lowest BCUT2D eigenvalue weighted by molar-refractivity contribution is -0.127. The molecule has 8 heteroatoms. The molecule has 0 saturated carbocycles. The van der Waals surface area contributed by atoms with Crippen LogP contribution < -0.4 is 14.8 Å². The summed E-state index contributed by atoms with van der Waals surface area (Å²) in [4.78, 5) is 38.8. The Bertz CT molecular complexity index is 1110. The van der Waals surface area contributed by atoms with E-state index in [1.165, 1.54) is 7.11 Å². The Kier molecular flexibility index (Phi) is 7.37. The molecule has 0 atom stereocenters. The van der Waals surface area contributed by atoms with Crippen LogP contribution in [0.5, 0.6) is 11.5 Å². The molecule has 2 aromatic carbocycles. The monoisotopic (exact) mass is 452 g/mol. The number of allylic oxidation sites excluding steroid dienone is 1. The van der Waals surface area contributed by atoms with Gasteiger partial charge >= 0.3 is 0 Å². The summed E-state index contributed by atoms with van der Waals surface area (Å²) in [5.41, 5.74) is 3.11. The number of amides is 3. The Hall–Kier alpha value is -3.52. The van der Waals surface area contributed by atoms with E-state index in [1.54, 1.807) is 31.4 Å². The van der Waals surface area contributed by atoms with Crippen LogP contribution in [0.4, 0.5) is 10.5 Å². The first-order valence-corrected chi connectivity index (χ1v) is 10.7. The van der Waals surface area contributed by atoms with Crippen molar-refractivity contribution >= 4 is 40.6 Å². The van der Waals surface area contributed by atoms with Gasteiger partial charge in [-0.15, -0.1) is 6.58 Å². The van der Waals surface area contributed by atoms with Gasteiger partial charge in [0.2, 0.25) is 5.91 Å². The summed E-state index contributed by atoms with van der Waals surface area (Å²) in [6.45, 7) is 5.31. The summed E-state index contributed by atoms with van der Waals surface area (Å²) < 4.78 is 10.8. The number of hydrogen-bond acceptors (Lipinski definition) is 6. The molecule has 1 heterocycles. The minimum atomic E-state index is -0.514. The predicted octanol–water partition coefficient (Wildman–Crippen LogP) is 4.42. The molecule has 3 rings (SSSR count). The molecule has 0 aromatic heterocycles. The molecule has 0 bridgehead atoms. The first-order chi connectivity index (χ1) is 15.4.